The Kier molecular flexibility index (Phi) is 8.08. The molecule has 0 saturated carbocycles. The Labute approximate surface area is 95.8 Å². The standard InChI is InChI=1S/C15H26/c1-6-9-14(7-2)12-15(8-3)11-10-13(4)5/h9-10,12H,6-8,11H2,1-5H3. The van der Waals surface area contributed by atoms with Crippen molar-refractivity contribution in [2.24, 2.45) is 0 Å². The second-order valence-electron chi connectivity index (χ2n) is 4.18. The van der Waals surface area contributed by atoms with E-state index in [4.69, 9.17) is 0 Å². The molecular formula is C15H26. The largest absolute Gasteiger partial charge is 0.0818 e. The highest BCUT2D eigenvalue weighted by Gasteiger charge is 1.94. The molecule has 0 heterocycles. The summed E-state index contributed by atoms with van der Waals surface area (Å²) in [4.78, 5) is 0. The fourth-order valence-electron chi connectivity index (χ4n) is 1.47. The van der Waals surface area contributed by atoms with Gasteiger partial charge in [0.05, 0.1) is 0 Å². The van der Waals surface area contributed by atoms with Crippen LogP contribution in [-0.4, -0.2) is 0 Å². The normalized spacial score (nSPS) is 12.9. The molecule has 15 heavy (non-hydrogen) atoms. The van der Waals surface area contributed by atoms with E-state index in [1.807, 2.05) is 0 Å². The molecule has 0 nitrogen and oxygen atoms in total. The third kappa shape index (κ3) is 7.18. The molecule has 0 atom stereocenters. The van der Waals surface area contributed by atoms with E-state index in [0.29, 0.717) is 0 Å². The Bertz CT molecular complexity index is 247. The highest BCUT2D eigenvalue weighted by atomic mass is 14.0. The summed E-state index contributed by atoms with van der Waals surface area (Å²) in [5.41, 5.74) is 4.43. The maximum Gasteiger partial charge on any atom is -0.0133 e. The van der Waals surface area contributed by atoms with Gasteiger partial charge in [0.2, 0.25) is 0 Å². The summed E-state index contributed by atoms with van der Waals surface area (Å²) in [5, 5.41) is 0. The Morgan fingerprint density at radius 3 is 2.00 bits per heavy atom. The van der Waals surface area contributed by atoms with Gasteiger partial charge >= 0.3 is 0 Å². The van der Waals surface area contributed by atoms with Crippen LogP contribution in [0.3, 0.4) is 0 Å². The molecule has 0 aromatic carbocycles. The third-order valence-electron chi connectivity index (χ3n) is 2.49. The van der Waals surface area contributed by atoms with E-state index in [1.165, 1.54) is 16.7 Å². The first kappa shape index (κ1) is 14.2. The summed E-state index contributed by atoms with van der Waals surface area (Å²) in [6.45, 7) is 11.0. The van der Waals surface area contributed by atoms with Crippen LogP contribution in [0.4, 0.5) is 0 Å². The fourth-order valence-corrected chi connectivity index (χ4v) is 1.47. The van der Waals surface area contributed by atoms with Crippen molar-refractivity contribution in [2.45, 2.75) is 60.3 Å². The summed E-state index contributed by atoms with van der Waals surface area (Å²) < 4.78 is 0. The molecular weight excluding hydrogens is 180 g/mol. The molecule has 0 aliphatic rings. The van der Waals surface area contributed by atoms with E-state index in [9.17, 15) is 0 Å². The molecule has 0 aliphatic carbocycles. The monoisotopic (exact) mass is 206 g/mol. The molecule has 0 N–H and O–H groups in total. The molecule has 0 radical (unpaired) electrons. The van der Waals surface area contributed by atoms with E-state index in [0.717, 1.165) is 25.7 Å². The highest BCUT2D eigenvalue weighted by molar-refractivity contribution is 5.25. The van der Waals surface area contributed by atoms with Crippen LogP contribution in [0.15, 0.2) is 34.9 Å². The van der Waals surface area contributed by atoms with E-state index in [2.05, 4.69) is 52.8 Å². The minimum absolute atomic E-state index is 1.11. The van der Waals surface area contributed by atoms with E-state index < -0.39 is 0 Å². The first-order chi connectivity index (χ1) is 7.13. The Hall–Kier alpha value is -0.780. The van der Waals surface area contributed by atoms with Crippen LogP contribution in [0, 0.1) is 0 Å². The van der Waals surface area contributed by atoms with E-state index in [1.54, 1.807) is 0 Å². The Balaban J connectivity index is 4.56. The molecule has 0 spiro atoms. The first-order valence-corrected chi connectivity index (χ1v) is 6.15. The second kappa shape index (κ2) is 8.52. The SMILES string of the molecule is CCC=C(C=C(CC)CC=C(C)C)CC. The van der Waals surface area contributed by atoms with Crippen molar-refractivity contribution in [1.29, 1.82) is 0 Å². The van der Waals surface area contributed by atoms with Gasteiger partial charge in [-0.25, -0.2) is 0 Å². The lowest BCUT2D eigenvalue weighted by Crippen LogP contribution is -1.83. The Morgan fingerprint density at radius 2 is 1.60 bits per heavy atom. The fraction of sp³-hybridized carbons (Fsp3) is 0.600. The zero-order valence-corrected chi connectivity index (χ0v) is 11.1. The zero-order valence-electron chi connectivity index (χ0n) is 11.1. The van der Waals surface area contributed by atoms with Gasteiger partial charge in [-0.1, -0.05) is 55.7 Å². The predicted octanol–water partition coefficient (Wildman–Crippen LogP) is 5.43. The molecule has 0 unspecified atom stereocenters. The first-order valence-electron chi connectivity index (χ1n) is 6.15. The van der Waals surface area contributed by atoms with Crippen LogP contribution < -0.4 is 0 Å². The maximum absolute atomic E-state index is 2.38. The van der Waals surface area contributed by atoms with Gasteiger partial charge in [0.1, 0.15) is 0 Å². The topological polar surface area (TPSA) is 0 Å². The van der Waals surface area contributed by atoms with Crippen molar-refractivity contribution < 1.29 is 0 Å². The number of hydrogen-bond acceptors (Lipinski definition) is 0. The van der Waals surface area contributed by atoms with Crippen LogP contribution in [0.1, 0.15) is 60.3 Å². The minimum atomic E-state index is 1.11. The Morgan fingerprint density at radius 1 is 0.933 bits per heavy atom. The summed E-state index contributed by atoms with van der Waals surface area (Å²) in [5.74, 6) is 0. The molecule has 0 saturated heterocycles. The van der Waals surface area contributed by atoms with Gasteiger partial charge in [0.25, 0.3) is 0 Å². The lowest BCUT2D eigenvalue weighted by molar-refractivity contribution is 1.00. The minimum Gasteiger partial charge on any atom is -0.0818 e. The van der Waals surface area contributed by atoms with Crippen molar-refractivity contribution in [3.63, 3.8) is 0 Å². The lowest BCUT2D eigenvalue weighted by atomic mass is 10.0. The van der Waals surface area contributed by atoms with Crippen LogP contribution in [0.2, 0.25) is 0 Å². The molecule has 0 fully saturated rings. The quantitative estimate of drug-likeness (QED) is 0.402. The van der Waals surface area contributed by atoms with Crippen molar-refractivity contribution in [3.05, 3.63) is 34.9 Å². The molecule has 0 bridgehead atoms. The van der Waals surface area contributed by atoms with E-state index in [-0.39, 0.29) is 0 Å². The van der Waals surface area contributed by atoms with Crippen molar-refractivity contribution in [2.75, 3.05) is 0 Å². The summed E-state index contributed by atoms with van der Waals surface area (Å²) >= 11 is 0. The molecule has 0 amide bonds. The van der Waals surface area contributed by atoms with Crippen LogP contribution in [0.5, 0.6) is 0 Å². The van der Waals surface area contributed by atoms with Crippen molar-refractivity contribution in [3.8, 4) is 0 Å². The molecule has 0 rings (SSSR count). The molecule has 0 aromatic rings. The average molecular weight is 206 g/mol. The predicted molar refractivity (Wildman–Crippen MR) is 71.1 cm³/mol. The molecule has 0 aliphatic heterocycles. The maximum atomic E-state index is 2.38. The lowest BCUT2D eigenvalue weighted by Gasteiger charge is -2.04. The second-order valence-corrected chi connectivity index (χ2v) is 4.18. The van der Waals surface area contributed by atoms with Crippen LogP contribution in [0.25, 0.3) is 0 Å². The molecule has 0 aromatic heterocycles. The third-order valence-corrected chi connectivity index (χ3v) is 2.49. The van der Waals surface area contributed by atoms with Crippen molar-refractivity contribution in [1.82, 2.24) is 0 Å². The molecule has 0 heteroatoms. The number of allylic oxidation sites excluding steroid dienone is 6. The number of rotatable bonds is 6. The van der Waals surface area contributed by atoms with Crippen LogP contribution >= 0.6 is 0 Å². The average Bonchev–Trinajstić information content (AvgIpc) is 2.22. The van der Waals surface area contributed by atoms with Crippen molar-refractivity contribution >= 4 is 0 Å². The highest BCUT2D eigenvalue weighted by Crippen LogP contribution is 2.15. The summed E-state index contributed by atoms with van der Waals surface area (Å²) in [7, 11) is 0. The molecule has 86 valence electrons. The van der Waals surface area contributed by atoms with Gasteiger partial charge in [0.15, 0.2) is 0 Å². The summed E-state index contributed by atoms with van der Waals surface area (Å²) in [6.07, 6.45) is 11.6. The zero-order chi connectivity index (χ0) is 11.7. The number of hydrogen-bond donors (Lipinski definition) is 0. The van der Waals surface area contributed by atoms with Gasteiger partial charge < -0.3 is 0 Å². The summed E-state index contributed by atoms with van der Waals surface area (Å²) in [6, 6.07) is 0. The van der Waals surface area contributed by atoms with Gasteiger partial charge in [-0.3, -0.25) is 0 Å². The van der Waals surface area contributed by atoms with Gasteiger partial charge in [-0.05, 0) is 39.5 Å². The van der Waals surface area contributed by atoms with Crippen LogP contribution in [-0.2, 0) is 0 Å². The van der Waals surface area contributed by atoms with Gasteiger partial charge in [-0.15, -0.1) is 0 Å². The smallest absolute Gasteiger partial charge is 0.0133 e. The van der Waals surface area contributed by atoms with E-state index >= 15 is 0 Å². The van der Waals surface area contributed by atoms with Gasteiger partial charge in [0, 0.05) is 0 Å². The van der Waals surface area contributed by atoms with Gasteiger partial charge in [-0.2, -0.15) is 0 Å².